The average Bonchev–Trinajstić information content (AvgIpc) is 3.08. The van der Waals surface area contributed by atoms with Crippen molar-refractivity contribution in [1.29, 1.82) is 0 Å². The number of amides is 1. The van der Waals surface area contributed by atoms with Crippen molar-refractivity contribution in [1.82, 2.24) is 14.9 Å². The van der Waals surface area contributed by atoms with Gasteiger partial charge in [0.15, 0.2) is 0 Å². The van der Waals surface area contributed by atoms with E-state index in [2.05, 4.69) is 9.97 Å². The molecule has 6 heteroatoms. The molecule has 2 aromatic rings. The van der Waals surface area contributed by atoms with Crippen molar-refractivity contribution >= 4 is 5.91 Å². The van der Waals surface area contributed by atoms with Gasteiger partial charge < -0.3 is 14.4 Å². The van der Waals surface area contributed by atoms with Gasteiger partial charge in [-0.05, 0) is 37.5 Å². The highest BCUT2D eigenvalue weighted by Gasteiger charge is 2.53. The number of methoxy groups -OCH3 is 1. The van der Waals surface area contributed by atoms with Crippen molar-refractivity contribution < 1.29 is 14.3 Å². The first-order chi connectivity index (χ1) is 12.7. The number of pyridine rings is 2. The maximum atomic E-state index is 13.0. The van der Waals surface area contributed by atoms with E-state index in [0.29, 0.717) is 18.1 Å². The van der Waals surface area contributed by atoms with Gasteiger partial charge in [0.05, 0.1) is 11.6 Å². The zero-order valence-corrected chi connectivity index (χ0v) is 14.9. The summed E-state index contributed by atoms with van der Waals surface area (Å²) < 4.78 is 12.0. The molecule has 2 fully saturated rings. The van der Waals surface area contributed by atoms with Crippen molar-refractivity contribution in [2.45, 2.75) is 43.4 Å². The maximum absolute atomic E-state index is 13.0. The molecule has 1 amide bonds. The standard InChI is InChI=1S/C20H23N3O3/c1-25-20-9-8-15(26-18-7-3-5-12-22-18)14-17(20)23(13-10-20)19(24)16-6-2-4-11-21-16/h2-7,11-12,15,17H,8-10,13-14H2,1H3/t15?,17?,20-/m1/s1. The minimum Gasteiger partial charge on any atom is -0.474 e. The Hall–Kier alpha value is -2.47. The van der Waals surface area contributed by atoms with Gasteiger partial charge in [-0.25, -0.2) is 4.98 Å². The lowest BCUT2D eigenvalue weighted by molar-refractivity contribution is -0.0789. The zero-order valence-electron chi connectivity index (χ0n) is 14.9. The molecule has 1 saturated heterocycles. The number of rotatable bonds is 4. The van der Waals surface area contributed by atoms with Crippen LogP contribution in [-0.4, -0.2) is 52.2 Å². The number of carbonyl (C=O) groups is 1. The van der Waals surface area contributed by atoms with Gasteiger partial charge in [0.25, 0.3) is 5.91 Å². The van der Waals surface area contributed by atoms with Gasteiger partial charge in [-0.3, -0.25) is 9.78 Å². The molecule has 1 saturated carbocycles. The molecule has 2 aromatic heterocycles. The van der Waals surface area contributed by atoms with E-state index >= 15 is 0 Å². The number of nitrogens with zero attached hydrogens (tertiary/aromatic N) is 3. The van der Waals surface area contributed by atoms with Gasteiger partial charge in [0.1, 0.15) is 11.8 Å². The maximum Gasteiger partial charge on any atom is 0.272 e. The molecule has 6 nitrogen and oxygen atoms in total. The number of carbonyl (C=O) groups excluding carboxylic acids is 1. The minimum absolute atomic E-state index is 0.00975. The molecule has 3 atom stereocenters. The fourth-order valence-electron chi connectivity index (χ4n) is 4.24. The Morgan fingerprint density at radius 2 is 1.96 bits per heavy atom. The van der Waals surface area contributed by atoms with E-state index in [1.807, 2.05) is 35.2 Å². The quantitative estimate of drug-likeness (QED) is 0.846. The second-order valence-corrected chi connectivity index (χ2v) is 6.93. The van der Waals surface area contributed by atoms with Crippen LogP contribution in [0.1, 0.15) is 36.2 Å². The Kier molecular flexibility index (Phi) is 4.59. The predicted octanol–water partition coefficient (Wildman–Crippen LogP) is 2.71. The average molecular weight is 353 g/mol. The lowest BCUT2D eigenvalue weighted by atomic mass is 9.79. The largest absolute Gasteiger partial charge is 0.474 e. The highest BCUT2D eigenvalue weighted by Crippen LogP contribution is 2.43. The van der Waals surface area contributed by atoms with Crippen molar-refractivity contribution in [3.63, 3.8) is 0 Å². The molecule has 0 spiro atoms. The number of aromatic nitrogens is 2. The molecule has 26 heavy (non-hydrogen) atoms. The third kappa shape index (κ3) is 3.05. The summed E-state index contributed by atoms with van der Waals surface area (Å²) in [4.78, 5) is 23.4. The zero-order chi connectivity index (χ0) is 18.0. The third-order valence-corrected chi connectivity index (χ3v) is 5.61. The van der Waals surface area contributed by atoms with Crippen molar-refractivity contribution in [2.75, 3.05) is 13.7 Å². The highest BCUT2D eigenvalue weighted by molar-refractivity contribution is 5.92. The molecule has 0 bridgehead atoms. The molecule has 1 aliphatic carbocycles. The fourth-order valence-corrected chi connectivity index (χ4v) is 4.24. The predicted molar refractivity (Wildman–Crippen MR) is 95.9 cm³/mol. The first-order valence-corrected chi connectivity index (χ1v) is 9.07. The smallest absolute Gasteiger partial charge is 0.272 e. The van der Waals surface area contributed by atoms with Gasteiger partial charge >= 0.3 is 0 Å². The lowest BCUT2D eigenvalue weighted by Crippen LogP contribution is -2.53. The van der Waals surface area contributed by atoms with Gasteiger partial charge in [-0.15, -0.1) is 0 Å². The van der Waals surface area contributed by atoms with E-state index < -0.39 is 0 Å². The normalized spacial score (nSPS) is 27.8. The second-order valence-electron chi connectivity index (χ2n) is 6.93. The van der Waals surface area contributed by atoms with E-state index in [9.17, 15) is 4.79 Å². The van der Waals surface area contributed by atoms with Crippen LogP contribution in [0.2, 0.25) is 0 Å². The first kappa shape index (κ1) is 17.0. The van der Waals surface area contributed by atoms with Crippen LogP contribution in [0.4, 0.5) is 0 Å². The minimum atomic E-state index is -0.283. The molecule has 2 unspecified atom stereocenters. The summed E-state index contributed by atoms with van der Waals surface area (Å²) in [7, 11) is 1.75. The van der Waals surface area contributed by atoms with Gasteiger partial charge in [0.2, 0.25) is 5.88 Å². The fraction of sp³-hybridized carbons (Fsp3) is 0.450. The van der Waals surface area contributed by atoms with Crippen LogP contribution < -0.4 is 4.74 Å². The van der Waals surface area contributed by atoms with Gasteiger partial charge in [0, 0.05) is 38.5 Å². The summed E-state index contributed by atoms with van der Waals surface area (Å²) in [6.45, 7) is 0.685. The molecule has 1 aliphatic heterocycles. The Morgan fingerprint density at radius 1 is 1.15 bits per heavy atom. The molecule has 0 aromatic carbocycles. The Balaban J connectivity index is 1.54. The molecule has 0 N–H and O–H groups in total. The van der Waals surface area contributed by atoms with Gasteiger partial charge in [-0.2, -0.15) is 0 Å². The van der Waals surface area contributed by atoms with Crippen LogP contribution >= 0.6 is 0 Å². The van der Waals surface area contributed by atoms with Crippen LogP contribution in [0, 0.1) is 0 Å². The summed E-state index contributed by atoms with van der Waals surface area (Å²) in [5, 5.41) is 0. The number of hydrogen-bond donors (Lipinski definition) is 0. The summed E-state index contributed by atoms with van der Waals surface area (Å²) >= 11 is 0. The third-order valence-electron chi connectivity index (χ3n) is 5.61. The topological polar surface area (TPSA) is 64.6 Å². The van der Waals surface area contributed by atoms with Gasteiger partial charge in [-0.1, -0.05) is 12.1 Å². The van der Waals surface area contributed by atoms with Crippen LogP contribution in [-0.2, 0) is 4.74 Å². The molecule has 4 rings (SSSR count). The molecule has 0 radical (unpaired) electrons. The molecular formula is C20H23N3O3. The summed E-state index contributed by atoms with van der Waals surface area (Å²) in [5.74, 6) is 0.594. The van der Waals surface area contributed by atoms with Crippen LogP contribution in [0.5, 0.6) is 5.88 Å². The van der Waals surface area contributed by atoms with E-state index in [0.717, 1.165) is 25.7 Å². The van der Waals surface area contributed by atoms with E-state index in [1.54, 1.807) is 25.6 Å². The highest BCUT2D eigenvalue weighted by atomic mass is 16.5. The van der Waals surface area contributed by atoms with E-state index in [-0.39, 0.29) is 23.7 Å². The van der Waals surface area contributed by atoms with Crippen molar-refractivity contribution in [3.8, 4) is 5.88 Å². The number of likely N-dealkylation sites (tertiary alicyclic amines) is 1. The van der Waals surface area contributed by atoms with Crippen molar-refractivity contribution in [2.24, 2.45) is 0 Å². The van der Waals surface area contributed by atoms with E-state index in [1.165, 1.54) is 0 Å². The molecule has 3 heterocycles. The number of ether oxygens (including phenoxy) is 2. The van der Waals surface area contributed by atoms with Crippen molar-refractivity contribution in [3.05, 3.63) is 54.5 Å². The summed E-state index contributed by atoms with van der Waals surface area (Å²) in [6.07, 6.45) is 6.76. The molecular weight excluding hydrogens is 330 g/mol. The van der Waals surface area contributed by atoms with Crippen LogP contribution in [0.25, 0.3) is 0 Å². The number of fused-ring (bicyclic) bond motifs is 1. The Labute approximate surface area is 153 Å². The Bertz CT molecular complexity index is 755. The summed E-state index contributed by atoms with van der Waals surface area (Å²) in [5.41, 5.74) is 0.196. The van der Waals surface area contributed by atoms with Crippen LogP contribution in [0.15, 0.2) is 48.8 Å². The SMILES string of the molecule is CO[C@@]12CCC(Oc3ccccn3)CC1N(C(=O)c1ccccn1)CC2. The number of hydrogen-bond acceptors (Lipinski definition) is 5. The molecule has 136 valence electrons. The molecule has 2 aliphatic rings. The lowest BCUT2D eigenvalue weighted by Gasteiger charge is -2.43. The first-order valence-electron chi connectivity index (χ1n) is 9.07. The van der Waals surface area contributed by atoms with E-state index in [4.69, 9.17) is 9.47 Å². The van der Waals surface area contributed by atoms with Crippen LogP contribution in [0.3, 0.4) is 0 Å². The summed E-state index contributed by atoms with van der Waals surface area (Å²) in [6, 6.07) is 11.1. The monoisotopic (exact) mass is 353 g/mol. The Morgan fingerprint density at radius 3 is 2.65 bits per heavy atom. The second kappa shape index (κ2) is 7.03.